The number of hydrogen-bond acceptors (Lipinski definition) is 2. The molecule has 0 bridgehead atoms. The Balaban J connectivity index is 2.20. The molecule has 2 aromatic carbocycles. The molecule has 0 fully saturated rings. The fraction of sp³-hybridized carbons (Fsp3) is 0.250. The summed E-state index contributed by atoms with van der Waals surface area (Å²) in [7, 11) is 1.85. The zero-order valence-corrected chi connectivity index (χ0v) is 11.5. The van der Waals surface area contributed by atoms with E-state index in [0.29, 0.717) is 12.3 Å². The number of halogens is 2. The summed E-state index contributed by atoms with van der Waals surface area (Å²) in [5, 5.41) is 3.06. The second-order valence-electron chi connectivity index (χ2n) is 4.62. The first kappa shape index (κ1) is 14.5. The van der Waals surface area contributed by atoms with Gasteiger partial charge in [-0.25, -0.2) is 8.78 Å². The monoisotopic (exact) mass is 277 g/mol. The Bertz CT molecular complexity index is 599. The Morgan fingerprint density at radius 1 is 1.10 bits per heavy atom. The van der Waals surface area contributed by atoms with Gasteiger partial charge in [0.1, 0.15) is 24.0 Å². The molecule has 2 rings (SSSR count). The van der Waals surface area contributed by atoms with Crippen LogP contribution in [0.5, 0.6) is 5.75 Å². The third-order valence-electron chi connectivity index (χ3n) is 3.04. The maximum atomic E-state index is 13.6. The van der Waals surface area contributed by atoms with Gasteiger partial charge in [0.25, 0.3) is 0 Å². The predicted molar refractivity (Wildman–Crippen MR) is 74.6 cm³/mol. The van der Waals surface area contributed by atoms with E-state index >= 15 is 0 Å². The van der Waals surface area contributed by atoms with E-state index in [1.54, 1.807) is 0 Å². The van der Waals surface area contributed by atoms with Crippen molar-refractivity contribution >= 4 is 0 Å². The van der Waals surface area contributed by atoms with Gasteiger partial charge in [-0.2, -0.15) is 0 Å². The molecule has 0 amide bonds. The number of aryl methyl sites for hydroxylation is 1. The van der Waals surface area contributed by atoms with Crippen molar-refractivity contribution in [1.29, 1.82) is 0 Å². The Kier molecular flexibility index (Phi) is 4.69. The molecule has 20 heavy (non-hydrogen) atoms. The summed E-state index contributed by atoms with van der Waals surface area (Å²) in [5.41, 5.74) is 2.17. The molecule has 0 heterocycles. The van der Waals surface area contributed by atoms with Gasteiger partial charge in [0.15, 0.2) is 0 Å². The van der Waals surface area contributed by atoms with Crippen molar-refractivity contribution in [3.63, 3.8) is 0 Å². The molecular formula is C16H17F2NO. The van der Waals surface area contributed by atoms with Gasteiger partial charge in [-0.3, -0.25) is 0 Å². The average Bonchev–Trinajstić information content (AvgIpc) is 2.42. The molecular weight excluding hydrogens is 260 g/mol. The SMILES string of the molecule is CNCc1cccc(C)c1OCc1cc(F)ccc1F. The minimum absolute atomic E-state index is 0.00512. The lowest BCUT2D eigenvalue weighted by molar-refractivity contribution is 0.293. The van der Waals surface area contributed by atoms with Crippen LogP contribution in [0.3, 0.4) is 0 Å². The summed E-state index contributed by atoms with van der Waals surface area (Å²) in [6.45, 7) is 2.59. The molecule has 106 valence electrons. The van der Waals surface area contributed by atoms with E-state index in [9.17, 15) is 8.78 Å². The lowest BCUT2D eigenvalue weighted by Gasteiger charge is -2.14. The predicted octanol–water partition coefficient (Wildman–Crippen LogP) is 3.57. The number of ether oxygens (including phenoxy) is 1. The standard InChI is InChI=1S/C16H17F2NO/c1-11-4-3-5-12(9-19-2)16(11)20-10-13-8-14(17)6-7-15(13)18/h3-8,19H,9-10H2,1-2H3. The molecule has 0 atom stereocenters. The van der Waals surface area contributed by atoms with Gasteiger partial charge in [0, 0.05) is 17.7 Å². The van der Waals surface area contributed by atoms with E-state index in [1.807, 2.05) is 32.2 Å². The van der Waals surface area contributed by atoms with Gasteiger partial charge in [0.05, 0.1) is 0 Å². The van der Waals surface area contributed by atoms with E-state index < -0.39 is 11.6 Å². The third kappa shape index (κ3) is 3.33. The summed E-state index contributed by atoms with van der Waals surface area (Å²) in [6.07, 6.45) is 0. The molecule has 4 heteroatoms. The molecule has 0 saturated heterocycles. The van der Waals surface area contributed by atoms with Crippen LogP contribution < -0.4 is 10.1 Å². The zero-order valence-electron chi connectivity index (χ0n) is 11.5. The van der Waals surface area contributed by atoms with Crippen LogP contribution in [0.1, 0.15) is 16.7 Å². The lowest BCUT2D eigenvalue weighted by Crippen LogP contribution is -2.09. The van der Waals surface area contributed by atoms with Crippen LogP contribution in [0, 0.1) is 18.6 Å². The van der Waals surface area contributed by atoms with Crippen molar-refractivity contribution in [3.8, 4) is 5.75 Å². The largest absolute Gasteiger partial charge is 0.488 e. The van der Waals surface area contributed by atoms with Gasteiger partial charge < -0.3 is 10.1 Å². The Labute approximate surface area is 117 Å². The van der Waals surface area contributed by atoms with Crippen molar-refractivity contribution in [2.75, 3.05) is 7.05 Å². The molecule has 0 aliphatic heterocycles. The fourth-order valence-electron chi connectivity index (χ4n) is 2.05. The van der Waals surface area contributed by atoms with Crippen molar-refractivity contribution in [1.82, 2.24) is 5.32 Å². The minimum Gasteiger partial charge on any atom is -0.488 e. The Morgan fingerprint density at radius 2 is 1.90 bits per heavy atom. The van der Waals surface area contributed by atoms with E-state index in [4.69, 9.17) is 4.74 Å². The first-order valence-corrected chi connectivity index (χ1v) is 6.41. The Hall–Kier alpha value is -1.94. The quantitative estimate of drug-likeness (QED) is 0.902. The number of rotatable bonds is 5. The minimum atomic E-state index is -0.467. The number of benzene rings is 2. The average molecular weight is 277 g/mol. The molecule has 0 radical (unpaired) electrons. The summed E-state index contributed by atoms with van der Waals surface area (Å²) in [4.78, 5) is 0. The van der Waals surface area contributed by atoms with Crippen LogP contribution in [0.25, 0.3) is 0 Å². The van der Waals surface area contributed by atoms with Gasteiger partial charge in [-0.05, 0) is 37.7 Å². The van der Waals surface area contributed by atoms with Crippen molar-refractivity contribution in [2.24, 2.45) is 0 Å². The molecule has 2 nitrogen and oxygen atoms in total. The van der Waals surface area contributed by atoms with Crippen LogP contribution in [0.15, 0.2) is 36.4 Å². The highest BCUT2D eigenvalue weighted by molar-refractivity contribution is 5.41. The zero-order chi connectivity index (χ0) is 14.5. The smallest absolute Gasteiger partial charge is 0.130 e. The van der Waals surface area contributed by atoms with Crippen LogP contribution in [-0.4, -0.2) is 7.05 Å². The molecule has 0 aliphatic carbocycles. The molecule has 1 N–H and O–H groups in total. The number of nitrogens with one attached hydrogen (secondary N) is 1. The third-order valence-corrected chi connectivity index (χ3v) is 3.04. The van der Waals surface area contributed by atoms with E-state index in [-0.39, 0.29) is 12.2 Å². The highest BCUT2D eigenvalue weighted by Crippen LogP contribution is 2.25. The number of hydrogen-bond donors (Lipinski definition) is 1. The highest BCUT2D eigenvalue weighted by atomic mass is 19.1. The molecule has 0 aromatic heterocycles. The fourth-order valence-corrected chi connectivity index (χ4v) is 2.05. The van der Waals surface area contributed by atoms with Gasteiger partial charge in [-0.1, -0.05) is 18.2 Å². The van der Waals surface area contributed by atoms with Crippen LogP contribution >= 0.6 is 0 Å². The number of para-hydroxylation sites is 1. The molecule has 2 aromatic rings. The lowest BCUT2D eigenvalue weighted by atomic mass is 10.1. The molecule has 0 saturated carbocycles. The van der Waals surface area contributed by atoms with Gasteiger partial charge in [0.2, 0.25) is 0 Å². The maximum Gasteiger partial charge on any atom is 0.130 e. The van der Waals surface area contributed by atoms with Gasteiger partial charge >= 0.3 is 0 Å². The summed E-state index contributed by atoms with van der Waals surface area (Å²) in [5.74, 6) is -0.217. The normalized spacial score (nSPS) is 10.6. The Morgan fingerprint density at radius 3 is 2.65 bits per heavy atom. The van der Waals surface area contributed by atoms with Crippen LogP contribution in [0.4, 0.5) is 8.78 Å². The van der Waals surface area contributed by atoms with E-state index in [2.05, 4.69) is 5.32 Å². The summed E-state index contributed by atoms with van der Waals surface area (Å²) in [6, 6.07) is 9.18. The van der Waals surface area contributed by atoms with Crippen molar-refractivity contribution in [2.45, 2.75) is 20.1 Å². The topological polar surface area (TPSA) is 21.3 Å². The maximum absolute atomic E-state index is 13.6. The second-order valence-corrected chi connectivity index (χ2v) is 4.62. The van der Waals surface area contributed by atoms with Crippen molar-refractivity contribution < 1.29 is 13.5 Å². The van der Waals surface area contributed by atoms with Crippen LogP contribution in [0.2, 0.25) is 0 Å². The molecule has 0 unspecified atom stereocenters. The first-order valence-electron chi connectivity index (χ1n) is 6.41. The van der Waals surface area contributed by atoms with E-state index in [1.165, 1.54) is 0 Å². The van der Waals surface area contributed by atoms with Crippen LogP contribution in [-0.2, 0) is 13.2 Å². The molecule has 0 aliphatic rings. The molecule has 0 spiro atoms. The highest BCUT2D eigenvalue weighted by Gasteiger charge is 2.09. The van der Waals surface area contributed by atoms with E-state index in [0.717, 1.165) is 29.3 Å². The van der Waals surface area contributed by atoms with Gasteiger partial charge in [-0.15, -0.1) is 0 Å². The second kappa shape index (κ2) is 6.48. The summed E-state index contributed by atoms with van der Waals surface area (Å²) < 4.78 is 32.4. The summed E-state index contributed by atoms with van der Waals surface area (Å²) >= 11 is 0. The first-order chi connectivity index (χ1) is 9.61. The van der Waals surface area contributed by atoms with Crippen molar-refractivity contribution in [3.05, 3.63) is 64.7 Å².